The third kappa shape index (κ3) is 5.50. The van der Waals surface area contributed by atoms with Gasteiger partial charge >= 0.3 is 18.3 Å². The Kier molecular flexibility index (Phi) is 6.64. The number of hydrogen-bond donors (Lipinski definition) is 1. The summed E-state index contributed by atoms with van der Waals surface area (Å²) in [6.45, 7) is 0. The zero-order valence-corrected chi connectivity index (χ0v) is 14.9. The number of esters is 2. The topological polar surface area (TPSA) is 73.9 Å². The van der Waals surface area contributed by atoms with Crippen molar-refractivity contribution in [2.45, 2.75) is 6.36 Å². The van der Waals surface area contributed by atoms with Crippen molar-refractivity contribution in [2.24, 2.45) is 0 Å². The van der Waals surface area contributed by atoms with E-state index < -0.39 is 24.1 Å². The molecule has 0 aromatic heterocycles. The molecule has 0 aliphatic rings. The molecule has 2 aromatic rings. The largest absolute Gasteiger partial charge is 0.573 e. The average molecular weight is 395 g/mol. The molecule has 0 fully saturated rings. The van der Waals surface area contributed by atoms with Gasteiger partial charge in [0.25, 0.3) is 0 Å². The first-order valence-electron chi connectivity index (χ1n) is 7.84. The van der Waals surface area contributed by atoms with Crippen LogP contribution >= 0.6 is 0 Å². The average Bonchev–Trinajstić information content (AvgIpc) is 2.66. The smallest absolute Gasteiger partial charge is 0.466 e. The minimum Gasteiger partial charge on any atom is -0.466 e. The number of hydrogen-bond acceptors (Lipinski definition) is 6. The van der Waals surface area contributed by atoms with Gasteiger partial charge in [-0.3, -0.25) is 0 Å². The van der Waals surface area contributed by atoms with Crippen molar-refractivity contribution in [3.05, 3.63) is 60.3 Å². The highest BCUT2D eigenvalue weighted by molar-refractivity contribution is 6.00. The van der Waals surface area contributed by atoms with Gasteiger partial charge in [0.2, 0.25) is 0 Å². The van der Waals surface area contributed by atoms with E-state index in [1.807, 2.05) is 0 Å². The maximum absolute atomic E-state index is 12.7. The first kappa shape index (κ1) is 20.8. The van der Waals surface area contributed by atoms with Gasteiger partial charge in [0.05, 0.1) is 20.3 Å². The lowest BCUT2D eigenvalue weighted by molar-refractivity contribution is -0.274. The molecule has 0 saturated heterocycles. The molecule has 6 nitrogen and oxygen atoms in total. The van der Waals surface area contributed by atoms with E-state index in [4.69, 9.17) is 0 Å². The predicted octanol–water partition coefficient (Wildman–Crippen LogP) is 3.89. The summed E-state index contributed by atoms with van der Waals surface area (Å²) in [4.78, 5) is 23.4. The summed E-state index contributed by atoms with van der Waals surface area (Å²) in [5.74, 6) is -2.09. The summed E-state index contributed by atoms with van der Waals surface area (Å²) in [6, 6.07) is 11.8. The fourth-order valence-corrected chi connectivity index (χ4v) is 2.31. The standard InChI is InChI=1S/C19H16F3NO5/c1-26-17(24)11-15(18(25)27-2)23-14-9-5-3-7-12(14)13-8-4-6-10-16(13)28-19(20,21)22/h3-11,23H,1-2H3/b15-11+. The zero-order chi connectivity index (χ0) is 20.7. The molecule has 0 spiro atoms. The molecule has 0 aliphatic carbocycles. The van der Waals surface area contributed by atoms with Crippen LogP contribution in [0.1, 0.15) is 0 Å². The van der Waals surface area contributed by atoms with Crippen LogP contribution < -0.4 is 10.1 Å². The number of para-hydroxylation sites is 2. The van der Waals surface area contributed by atoms with Crippen molar-refractivity contribution in [2.75, 3.05) is 19.5 Å². The molecule has 9 heteroatoms. The van der Waals surface area contributed by atoms with Crippen LogP contribution in [0, 0.1) is 0 Å². The molecule has 0 atom stereocenters. The van der Waals surface area contributed by atoms with Crippen molar-refractivity contribution in [1.82, 2.24) is 0 Å². The van der Waals surface area contributed by atoms with Crippen LogP contribution in [0.2, 0.25) is 0 Å². The number of anilines is 1. The Bertz CT molecular complexity index is 893. The molecule has 0 aliphatic heterocycles. The second-order valence-electron chi connectivity index (χ2n) is 5.29. The number of alkyl halides is 3. The van der Waals surface area contributed by atoms with Gasteiger partial charge in [-0.15, -0.1) is 13.2 Å². The van der Waals surface area contributed by atoms with Crippen LogP contribution in [0.25, 0.3) is 11.1 Å². The van der Waals surface area contributed by atoms with Crippen LogP contribution in [0.4, 0.5) is 18.9 Å². The van der Waals surface area contributed by atoms with Gasteiger partial charge in [-0.2, -0.15) is 0 Å². The fraction of sp³-hybridized carbons (Fsp3) is 0.158. The Morgan fingerprint density at radius 1 is 0.929 bits per heavy atom. The summed E-state index contributed by atoms with van der Waals surface area (Å²) in [7, 11) is 2.25. The molecule has 2 aromatic carbocycles. The Morgan fingerprint density at radius 2 is 1.54 bits per heavy atom. The van der Waals surface area contributed by atoms with Gasteiger partial charge in [0.1, 0.15) is 11.4 Å². The van der Waals surface area contributed by atoms with Crippen molar-refractivity contribution in [3.63, 3.8) is 0 Å². The highest BCUT2D eigenvalue weighted by Crippen LogP contribution is 2.37. The number of carbonyl (C=O) groups excluding carboxylic acids is 2. The van der Waals surface area contributed by atoms with Crippen LogP contribution in [0.3, 0.4) is 0 Å². The predicted molar refractivity (Wildman–Crippen MR) is 94.3 cm³/mol. The van der Waals surface area contributed by atoms with E-state index in [0.29, 0.717) is 5.56 Å². The molecular weight excluding hydrogens is 379 g/mol. The first-order chi connectivity index (χ1) is 13.2. The maximum Gasteiger partial charge on any atom is 0.573 e. The van der Waals surface area contributed by atoms with Crippen LogP contribution in [-0.2, 0) is 19.1 Å². The van der Waals surface area contributed by atoms with Crippen LogP contribution in [0.5, 0.6) is 5.75 Å². The van der Waals surface area contributed by atoms with Crippen molar-refractivity contribution in [3.8, 4) is 16.9 Å². The fourth-order valence-electron chi connectivity index (χ4n) is 2.31. The van der Waals surface area contributed by atoms with Crippen LogP contribution in [-0.4, -0.2) is 32.5 Å². The zero-order valence-electron chi connectivity index (χ0n) is 14.9. The van der Waals surface area contributed by atoms with E-state index in [9.17, 15) is 22.8 Å². The molecule has 0 unspecified atom stereocenters. The van der Waals surface area contributed by atoms with Gasteiger partial charge < -0.3 is 19.5 Å². The van der Waals surface area contributed by atoms with E-state index >= 15 is 0 Å². The molecule has 0 amide bonds. The van der Waals surface area contributed by atoms with Gasteiger partial charge in [0.15, 0.2) is 0 Å². The second-order valence-corrected chi connectivity index (χ2v) is 5.29. The molecule has 28 heavy (non-hydrogen) atoms. The second kappa shape index (κ2) is 8.94. The van der Waals surface area contributed by atoms with Crippen molar-refractivity contribution in [1.29, 1.82) is 0 Å². The number of benzene rings is 2. The van der Waals surface area contributed by atoms with Gasteiger partial charge in [0, 0.05) is 16.8 Å². The Labute approximate surface area is 158 Å². The van der Waals surface area contributed by atoms with Crippen molar-refractivity contribution < 1.29 is 37.0 Å². The number of ether oxygens (including phenoxy) is 3. The number of methoxy groups -OCH3 is 2. The van der Waals surface area contributed by atoms with E-state index in [1.54, 1.807) is 18.2 Å². The maximum atomic E-state index is 12.7. The summed E-state index contributed by atoms with van der Waals surface area (Å²) in [6.07, 6.45) is -4.00. The molecule has 0 heterocycles. The lowest BCUT2D eigenvalue weighted by atomic mass is 10.0. The lowest BCUT2D eigenvalue weighted by Gasteiger charge is -2.17. The Balaban J connectivity index is 2.50. The SMILES string of the molecule is COC(=O)/C=C(/Nc1ccccc1-c1ccccc1OC(F)(F)F)C(=O)OC. The molecule has 148 valence electrons. The van der Waals surface area contributed by atoms with E-state index in [2.05, 4.69) is 19.5 Å². The summed E-state index contributed by atoms with van der Waals surface area (Å²) in [5.41, 5.74) is 0.435. The first-order valence-corrected chi connectivity index (χ1v) is 7.84. The number of nitrogens with one attached hydrogen (secondary N) is 1. The third-order valence-electron chi connectivity index (χ3n) is 3.47. The highest BCUT2D eigenvalue weighted by atomic mass is 19.4. The Hall–Kier alpha value is -3.49. The lowest BCUT2D eigenvalue weighted by Crippen LogP contribution is -2.18. The minimum atomic E-state index is -4.87. The quantitative estimate of drug-likeness (QED) is 0.591. The normalized spacial score (nSPS) is 11.5. The molecule has 2 rings (SSSR count). The monoisotopic (exact) mass is 395 g/mol. The van der Waals surface area contributed by atoms with Gasteiger partial charge in [-0.05, 0) is 12.1 Å². The summed E-state index contributed by atoms with van der Waals surface area (Å²) in [5, 5.41) is 2.70. The summed E-state index contributed by atoms with van der Waals surface area (Å²) >= 11 is 0. The third-order valence-corrected chi connectivity index (χ3v) is 3.47. The highest BCUT2D eigenvalue weighted by Gasteiger charge is 2.32. The number of carbonyl (C=O) groups is 2. The number of halogens is 3. The van der Waals surface area contributed by atoms with E-state index in [-0.39, 0.29) is 16.9 Å². The molecule has 0 bridgehead atoms. The molecule has 0 radical (unpaired) electrons. The Morgan fingerprint density at radius 3 is 2.14 bits per heavy atom. The molecule has 0 saturated carbocycles. The van der Waals surface area contributed by atoms with E-state index in [1.165, 1.54) is 30.3 Å². The van der Waals surface area contributed by atoms with Crippen LogP contribution in [0.15, 0.2) is 60.3 Å². The molecular formula is C19H16F3NO5. The molecule has 1 N–H and O–H groups in total. The van der Waals surface area contributed by atoms with Crippen molar-refractivity contribution >= 4 is 17.6 Å². The minimum absolute atomic E-state index is 0.130. The van der Waals surface area contributed by atoms with E-state index in [0.717, 1.165) is 20.3 Å². The number of rotatable bonds is 6. The summed E-state index contributed by atoms with van der Waals surface area (Å²) < 4.78 is 51.4. The van der Waals surface area contributed by atoms with Gasteiger partial charge in [-0.25, -0.2) is 9.59 Å². The van der Waals surface area contributed by atoms with Gasteiger partial charge in [-0.1, -0.05) is 36.4 Å².